The zero-order valence-electron chi connectivity index (χ0n) is 15.2. The maximum atomic E-state index is 12.0. The van der Waals surface area contributed by atoms with Gasteiger partial charge in [0.1, 0.15) is 5.60 Å². The van der Waals surface area contributed by atoms with E-state index >= 15 is 0 Å². The molecule has 0 atom stereocenters. The summed E-state index contributed by atoms with van der Waals surface area (Å²) in [6.07, 6.45) is -0.373. The molecule has 2 N–H and O–H groups in total. The predicted molar refractivity (Wildman–Crippen MR) is 96.0 cm³/mol. The molecule has 1 aliphatic rings. The van der Waals surface area contributed by atoms with E-state index in [0.717, 1.165) is 19.6 Å². The number of carbonyl (C=O) groups is 1. The Morgan fingerprint density at radius 3 is 2.58 bits per heavy atom. The molecule has 0 unspecified atom stereocenters. The molecule has 130 valence electrons. The van der Waals surface area contributed by atoms with E-state index in [1.165, 1.54) is 33.3 Å². The van der Waals surface area contributed by atoms with E-state index in [-0.39, 0.29) is 6.09 Å². The van der Waals surface area contributed by atoms with E-state index in [1.54, 1.807) is 0 Å². The minimum atomic E-state index is -0.483. The van der Waals surface area contributed by atoms with Crippen LogP contribution in [0.15, 0.2) is 12.1 Å². The molecule has 1 aromatic heterocycles. The largest absolute Gasteiger partial charge is 0.444 e. The number of carbonyl (C=O) groups excluding carboxylic acids is 1. The fraction of sp³-hybridized carbons (Fsp3) is 0.526. The maximum absolute atomic E-state index is 12.0. The standard InChI is InChI=1S/C19H27N3O2/c1-6-22-12(2)16(11-21-18(23)24-19(3,4)5)15-7-13-9-20-10-14(13)8-17(15)22/h7-8,20H,6,9-11H2,1-5H3,(H,21,23). The van der Waals surface area contributed by atoms with Gasteiger partial charge in [0.15, 0.2) is 0 Å². The van der Waals surface area contributed by atoms with Gasteiger partial charge in [-0.3, -0.25) is 0 Å². The van der Waals surface area contributed by atoms with Gasteiger partial charge in [-0.25, -0.2) is 4.79 Å². The van der Waals surface area contributed by atoms with E-state index < -0.39 is 5.60 Å². The number of nitrogens with zero attached hydrogens (tertiary/aromatic N) is 1. The minimum absolute atomic E-state index is 0.373. The molecule has 0 saturated carbocycles. The van der Waals surface area contributed by atoms with Crippen LogP contribution in [0.3, 0.4) is 0 Å². The van der Waals surface area contributed by atoms with E-state index in [0.29, 0.717) is 6.54 Å². The highest BCUT2D eigenvalue weighted by Crippen LogP contribution is 2.30. The monoisotopic (exact) mass is 329 g/mol. The maximum Gasteiger partial charge on any atom is 0.407 e. The van der Waals surface area contributed by atoms with Crippen LogP contribution in [-0.2, 0) is 30.9 Å². The number of nitrogens with one attached hydrogen (secondary N) is 2. The summed E-state index contributed by atoms with van der Waals surface area (Å²) in [5.41, 5.74) is 5.88. The van der Waals surface area contributed by atoms with Crippen LogP contribution in [0.2, 0.25) is 0 Å². The van der Waals surface area contributed by atoms with Crippen molar-refractivity contribution in [1.82, 2.24) is 15.2 Å². The Bertz CT molecular complexity index is 784. The lowest BCUT2D eigenvalue weighted by Crippen LogP contribution is -2.32. The molecule has 0 fully saturated rings. The number of fused-ring (bicyclic) bond motifs is 2. The summed E-state index contributed by atoms with van der Waals surface area (Å²) in [5.74, 6) is 0. The Kier molecular flexibility index (Phi) is 4.30. The lowest BCUT2D eigenvalue weighted by molar-refractivity contribution is 0.0523. The van der Waals surface area contributed by atoms with Crippen LogP contribution in [0, 0.1) is 6.92 Å². The summed E-state index contributed by atoms with van der Waals surface area (Å²) in [6, 6.07) is 4.56. The van der Waals surface area contributed by atoms with Crippen LogP contribution >= 0.6 is 0 Å². The molecule has 2 heterocycles. The van der Waals surface area contributed by atoms with Crippen LogP contribution in [0.5, 0.6) is 0 Å². The van der Waals surface area contributed by atoms with Crippen molar-refractivity contribution >= 4 is 17.0 Å². The number of aromatic nitrogens is 1. The Hall–Kier alpha value is -2.01. The molecule has 24 heavy (non-hydrogen) atoms. The van der Waals surface area contributed by atoms with Gasteiger partial charge in [-0.2, -0.15) is 0 Å². The second-order valence-corrected chi connectivity index (χ2v) is 7.41. The van der Waals surface area contributed by atoms with Gasteiger partial charge in [0.05, 0.1) is 0 Å². The first-order valence-corrected chi connectivity index (χ1v) is 8.61. The van der Waals surface area contributed by atoms with E-state index in [2.05, 4.69) is 41.2 Å². The van der Waals surface area contributed by atoms with E-state index in [1.807, 2.05) is 20.8 Å². The Morgan fingerprint density at radius 1 is 1.29 bits per heavy atom. The molecule has 1 aromatic carbocycles. The van der Waals surface area contributed by atoms with Crippen molar-refractivity contribution in [1.29, 1.82) is 0 Å². The van der Waals surface area contributed by atoms with Gasteiger partial charge in [-0.05, 0) is 63.4 Å². The predicted octanol–water partition coefficient (Wildman–Crippen LogP) is 3.60. The van der Waals surface area contributed by atoms with Crippen molar-refractivity contribution in [2.75, 3.05) is 0 Å². The third-order valence-electron chi connectivity index (χ3n) is 4.53. The molecule has 3 rings (SSSR count). The number of ether oxygens (including phenoxy) is 1. The Balaban J connectivity index is 1.92. The van der Waals surface area contributed by atoms with Crippen molar-refractivity contribution in [3.63, 3.8) is 0 Å². The van der Waals surface area contributed by atoms with Gasteiger partial charge < -0.3 is 19.9 Å². The zero-order chi connectivity index (χ0) is 17.5. The van der Waals surface area contributed by atoms with E-state index in [9.17, 15) is 4.79 Å². The lowest BCUT2D eigenvalue weighted by Gasteiger charge is -2.19. The molecular formula is C19H27N3O2. The summed E-state index contributed by atoms with van der Waals surface area (Å²) in [4.78, 5) is 12.0. The first kappa shape index (κ1) is 16.8. The molecule has 5 nitrogen and oxygen atoms in total. The smallest absolute Gasteiger partial charge is 0.407 e. The van der Waals surface area contributed by atoms with Crippen molar-refractivity contribution in [3.8, 4) is 0 Å². The van der Waals surface area contributed by atoms with Crippen LogP contribution in [0.4, 0.5) is 4.79 Å². The number of aryl methyl sites for hydroxylation is 1. The molecule has 1 aliphatic heterocycles. The third kappa shape index (κ3) is 3.13. The quantitative estimate of drug-likeness (QED) is 0.904. The van der Waals surface area contributed by atoms with Gasteiger partial charge >= 0.3 is 6.09 Å². The topological polar surface area (TPSA) is 55.3 Å². The summed E-state index contributed by atoms with van der Waals surface area (Å²) in [6.45, 7) is 13.1. The highest BCUT2D eigenvalue weighted by Gasteiger charge is 2.20. The van der Waals surface area contributed by atoms with Crippen LogP contribution in [-0.4, -0.2) is 16.3 Å². The second-order valence-electron chi connectivity index (χ2n) is 7.41. The molecule has 1 amide bonds. The fourth-order valence-electron chi connectivity index (χ4n) is 3.45. The van der Waals surface area contributed by atoms with Crippen LogP contribution in [0.1, 0.15) is 50.1 Å². The average Bonchev–Trinajstić information content (AvgIpc) is 3.02. The number of hydrogen-bond donors (Lipinski definition) is 2. The minimum Gasteiger partial charge on any atom is -0.444 e. The number of alkyl carbamates (subject to hydrolysis) is 1. The lowest BCUT2D eigenvalue weighted by atomic mass is 10.0. The van der Waals surface area contributed by atoms with Crippen LogP contribution in [0.25, 0.3) is 10.9 Å². The Labute approximate surface area is 143 Å². The van der Waals surface area contributed by atoms with Gasteiger partial charge in [0.25, 0.3) is 0 Å². The summed E-state index contributed by atoms with van der Waals surface area (Å²) >= 11 is 0. The highest BCUT2D eigenvalue weighted by atomic mass is 16.6. The first-order valence-electron chi connectivity index (χ1n) is 8.61. The molecule has 2 aromatic rings. The van der Waals surface area contributed by atoms with Crippen molar-refractivity contribution in [3.05, 3.63) is 34.5 Å². The van der Waals surface area contributed by atoms with Crippen molar-refractivity contribution < 1.29 is 9.53 Å². The number of benzene rings is 1. The van der Waals surface area contributed by atoms with Gasteiger partial charge in [0.2, 0.25) is 0 Å². The van der Waals surface area contributed by atoms with E-state index in [4.69, 9.17) is 4.74 Å². The molecule has 0 bridgehead atoms. The third-order valence-corrected chi connectivity index (χ3v) is 4.53. The highest BCUT2D eigenvalue weighted by molar-refractivity contribution is 5.87. The molecule has 0 aliphatic carbocycles. The SMILES string of the molecule is CCn1c(C)c(CNC(=O)OC(C)(C)C)c2cc3c(cc21)CNC3. The Morgan fingerprint density at radius 2 is 1.96 bits per heavy atom. The number of amides is 1. The fourth-order valence-corrected chi connectivity index (χ4v) is 3.45. The second kappa shape index (κ2) is 6.13. The zero-order valence-corrected chi connectivity index (χ0v) is 15.2. The molecule has 0 saturated heterocycles. The number of hydrogen-bond acceptors (Lipinski definition) is 3. The summed E-state index contributed by atoms with van der Waals surface area (Å²) in [5, 5.41) is 7.53. The van der Waals surface area contributed by atoms with Crippen molar-refractivity contribution in [2.24, 2.45) is 0 Å². The van der Waals surface area contributed by atoms with Gasteiger partial charge in [-0.1, -0.05) is 0 Å². The first-order chi connectivity index (χ1) is 11.3. The van der Waals surface area contributed by atoms with Crippen LogP contribution < -0.4 is 10.6 Å². The molecular weight excluding hydrogens is 302 g/mol. The molecule has 5 heteroatoms. The average molecular weight is 329 g/mol. The normalized spacial score (nSPS) is 14.0. The van der Waals surface area contributed by atoms with Gasteiger partial charge in [-0.15, -0.1) is 0 Å². The van der Waals surface area contributed by atoms with Gasteiger partial charge in [0, 0.05) is 42.8 Å². The summed E-state index contributed by atoms with van der Waals surface area (Å²) in [7, 11) is 0. The molecule has 0 radical (unpaired) electrons. The number of rotatable bonds is 3. The molecule has 0 spiro atoms. The van der Waals surface area contributed by atoms with Crippen molar-refractivity contribution in [2.45, 2.75) is 66.4 Å². The summed E-state index contributed by atoms with van der Waals surface area (Å²) < 4.78 is 7.67.